The first-order valence-corrected chi connectivity index (χ1v) is 37.2. The van der Waals surface area contributed by atoms with Crippen LogP contribution in [0.4, 0.5) is 0 Å². The summed E-state index contributed by atoms with van der Waals surface area (Å²) < 4.78 is 4.81. The fraction of sp³-hybridized carbons (Fsp3) is 0.444. The van der Waals surface area contributed by atoms with Gasteiger partial charge < -0.3 is 19.1 Å². The number of nitrogens with one attached hydrogen (secondary N) is 2. The van der Waals surface area contributed by atoms with Gasteiger partial charge in [-0.25, -0.2) is 29.9 Å². The molecule has 19 nitrogen and oxygen atoms in total. The van der Waals surface area contributed by atoms with E-state index in [4.69, 9.17) is 19.9 Å². The zero-order chi connectivity index (χ0) is 67.2. The summed E-state index contributed by atoms with van der Waals surface area (Å²) in [5.74, 6) is 0.885. The molecule has 4 fully saturated rings. The van der Waals surface area contributed by atoms with Crippen LogP contribution in [0.1, 0.15) is 153 Å². The number of pyridine rings is 5. The summed E-state index contributed by atoms with van der Waals surface area (Å²) in [5, 5.41) is 2.76. The fourth-order valence-electron chi connectivity index (χ4n) is 18.5. The first-order valence-electron chi connectivity index (χ1n) is 37.2. The molecule has 12 aromatic rings. The number of fused-ring (bicyclic) bond motifs is 16. The van der Waals surface area contributed by atoms with Gasteiger partial charge in [-0.15, -0.1) is 0 Å². The van der Waals surface area contributed by atoms with Crippen LogP contribution in [0.25, 0.3) is 43.9 Å². The van der Waals surface area contributed by atoms with Gasteiger partial charge in [0.25, 0.3) is 0 Å². The molecule has 0 amide bonds. The molecule has 20 heterocycles. The third-order valence-corrected chi connectivity index (χ3v) is 23.5. The molecule has 8 aliphatic rings. The molecule has 0 saturated carbocycles. The van der Waals surface area contributed by atoms with E-state index < -0.39 is 0 Å². The highest BCUT2D eigenvalue weighted by Gasteiger charge is 2.38. The Bertz CT molecular complexity index is 4840. The van der Waals surface area contributed by atoms with Crippen molar-refractivity contribution in [1.82, 2.24) is 93.5 Å². The number of hydrogen-bond donors (Lipinski definition) is 2. The predicted octanol–water partition coefficient (Wildman–Crippen LogP) is 11.9. The van der Waals surface area contributed by atoms with Crippen molar-refractivity contribution in [3.63, 3.8) is 0 Å². The first-order chi connectivity index (χ1) is 49.2. The van der Waals surface area contributed by atoms with Crippen molar-refractivity contribution in [2.45, 2.75) is 193 Å². The Balaban J connectivity index is 0.0000000997. The van der Waals surface area contributed by atoms with E-state index in [-0.39, 0.29) is 0 Å². The maximum Gasteiger partial charge on any atom is 0.126 e. The van der Waals surface area contributed by atoms with E-state index >= 15 is 0 Å². The van der Waals surface area contributed by atoms with Crippen molar-refractivity contribution in [1.29, 1.82) is 0 Å². The molecule has 100 heavy (non-hydrogen) atoms. The average Bonchev–Trinajstić information content (AvgIpc) is 1.61. The summed E-state index contributed by atoms with van der Waals surface area (Å²) >= 11 is 0. The maximum absolute atomic E-state index is 4.91. The Morgan fingerprint density at radius 2 is 0.960 bits per heavy atom. The van der Waals surface area contributed by atoms with Gasteiger partial charge >= 0.3 is 0 Å². The molecule has 8 aliphatic heterocycles. The molecule has 0 aliphatic carbocycles. The summed E-state index contributed by atoms with van der Waals surface area (Å²) in [5.41, 5.74) is 30.0. The number of nitrogens with zero attached hydrogens (tertiary/aromatic N) is 17. The molecular weight excluding hydrogens is 1240 g/mol. The third-order valence-electron chi connectivity index (χ3n) is 23.5. The second kappa shape index (κ2) is 28.2. The van der Waals surface area contributed by atoms with Crippen LogP contribution in [0.2, 0.25) is 0 Å². The molecule has 512 valence electrons. The van der Waals surface area contributed by atoms with E-state index in [1.807, 2.05) is 74.6 Å². The van der Waals surface area contributed by atoms with Crippen molar-refractivity contribution in [3.05, 3.63) is 219 Å². The number of H-pyrrole nitrogens is 2. The van der Waals surface area contributed by atoms with Gasteiger partial charge in [-0.3, -0.25) is 44.5 Å². The van der Waals surface area contributed by atoms with E-state index in [2.05, 4.69) is 125 Å². The second-order valence-electron chi connectivity index (χ2n) is 29.5. The van der Waals surface area contributed by atoms with Crippen LogP contribution < -0.4 is 0 Å². The van der Waals surface area contributed by atoms with Crippen molar-refractivity contribution in [2.24, 2.45) is 14.1 Å². The minimum absolute atomic E-state index is 0.721. The third kappa shape index (κ3) is 12.9. The normalized spacial score (nSPS) is 20.0. The minimum Gasteiger partial charge on any atom is -0.357 e. The second-order valence-corrected chi connectivity index (χ2v) is 29.5. The smallest absolute Gasteiger partial charge is 0.126 e. The molecule has 12 aromatic heterocycles. The van der Waals surface area contributed by atoms with Crippen molar-refractivity contribution >= 4 is 43.9 Å². The molecule has 4 saturated heterocycles. The van der Waals surface area contributed by atoms with Gasteiger partial charge in [0, 0.05) is 201 Å². The Hall–Kier alpha value is -9.01. The lowest BCUT2D eigenvalue weighted by atomic mass is 9.99. The van der Waals surface area contributed by atoms with Crippen molar-refractivity contribution < 1.29 is 0 Å². The van der Waals surface area contributed by atoms with E-state index in [1.54, 1.807) is 18.9 Å². The summed E-state index contributed by atoms with van der Waals surface area (Å²) in [7, 11) is 4.43. The summed E-state index contributed by atoms with van der Waals surface area (Å²) in [6.07, 6.45) is 41.3. The highest BCUT2D eigenvalue weighted by atomic mass is 15.2. The summed E-state index contributed by atoms with van der Waals surface area (Å²) in [4.78, 5) is 67.2. The van der Waals surface area contributed by atoms with Crippen LogP contribution >= 0.6 is 0 Å². The SMILES string of the molecule is Cc1cc(CCc2cccnc2)c2[nH]c3c(c2n1)CN1CCCC1C3.Cc1nc(CCc2cccnc2)c2c(n1)c1c(n2C)CC2CCCN2C1.Cn1c2c(c3ccnc(CCc4ccncn4)c31)CN1CCCC1C2.c1cc(CCc2nccc3c4c([nH]c23)CC2CCCN2C4)ncn1. The molecule has 4 atom stereocenters. The van der Waals surface area contributed by atoms with Crippen LogP contribution in [0.5, 0.6) is 0 Å². The van der Waals surface area contributed by atoms with E-state index in [0.29, 0.717) is 0 Å². The lowest BCUT2D eigenvalue weighted by Gasteiger charge is -2.30. The highest BCUT2D eigenvalue weighted by molar-refractivity contribution is 5.89. The Labute approximate surface area is 585 Å². The fourth-order valence-corrected chi connectivity index (χ4v) is 18.5. The zero-order valence-corrected chi connectivity index (χ0v) is 58.7. The van der Waals surface area contributed by atoms with Crippen LogP contribution in [-0.2, 0) is 117 Å². The largest absolute Gasteiger partial charge is 0.357 e. The molecule has 0 radical (unpaired) electrons. The number of aromatic amines is 2. The van der Waals surface area contributed by atoms with Gasteiger partial charge in [0.05, 0.1) is 50.2 Å². The quantitative estimate of drug-likeness (QED) is 0.117. The summed E-state index contributed by atoms with van der Waals surface area (Å²) in [6.45, 7) is 13.4. The van der Waals surface area contributed by atoms with Gasteiger partial charge in [0.1, 0.15) is 18.5 Å². The minimum atomic E-state index is 0.721. The zero-order valence-electron chi connectivity index (χ0n) is 58.7. The molecule has 0 bridgehead atoms. The van der Waals surface area contributed by atoms with Crippen LogP contribution in [0, 0.1) is 13.8 Å². The van der Waals surface area contributed by atoms with Gasteiger partial charge in [-0.2, -0.15) is 0 Å². The Morgan fingerprint density at radius 1 is 0.430 bits per heavy atom. The summed E-state index contributed by atoms with van der Waals surface area (Å²) in [6, 6.07) is 21.9. The van der Waals surface area contributed by atoms with Crippen molar-refractivity contribution in [2.75, 3.05) is 26.2 Å². The molecule has 0 spiro atoms. The molecule has 0 aromatic carbocycles. The number of aryl methyl sites for hydroxylation is 12. The standard InChI is InChI=1S/C21H25N5.C21H24N4.C20H23N5.C19H21N5/c1-14-23-18(8-7-15-5-3-9-22-12-15)21-20(24-14)17-13-26-10-4-6-16(26)11-19(17)25(21)2;1-14-10-16(7-6-15-4-2-8-22-12-15)20-21(23-14)18-13-25-9-3-5-17(25)11-19(18)24-20;1-24-19-11-15-3-2-10-25(15)12-17(19)16-7-9-22-18(20(16)24)5-4-14-6-8-21-13-23-14;1-2-14-10-18-16(11-24(14)9-1)15-6-8-21-17(19(15)23-18)4-3-13-5-7-20-12-22-13/h3,5,9,12,16H,4,6-8,10-11,13H2,1-2H3;2,4,8,10,12,17,24H,3,5-7,9,11,13H2,1H3;6-9,13,15H,2-5,10-12H2,1H3;5-8,12,14,23H,1-4,9-11H2. The van der Waals surface area contributed by atoms with E-state index in [1.165, 1.54) is 201 Å². The molecule has 2 N–H and O–H groups in total. The average molecular weight is 1330 g/mol. The lowest BCUT2D eigenvalue weighted by Crippen LogP contribution is -2.35. The maximum atomic E-state index is 4.91. The van der Waals surface area contributed by atoms with Crippen LogP contribution in [0.3, 0.4) is 0 Å². The first kappa shape index (κ1) is 64.4. The van der Waals surface area contributed by atoms with E-state index in [0.717, 1.165) is 150 Å². The predicted molar refractivity (Wildman–Crippen MR) is 392 cm³/mol. The monoisotopic (exact) mass is 1330 g/mol. The van der Waals surface area contributed by atoms with Crippen LogP contribution in [0.15, 0.2) is 117 Å². The van der Waals surface area contributed by atoms with Crippen molar-refractivity contribution in [3.8, 4) is 0 Å². The lowest BCUT2D eigenvalue weighted by molar-refractivity contribution is 0.225. The van der Waals surface area contributed by atoms with Crippen LogP contribution in [-0.4, -0.2) is 144 Å². The molecule has 20 rings (SSSR count). The van der Waals surface area contributed by atoms with Gasteiger partial charge in [0.2, 0.25) is 0 Å². The Kier molecular flexibility index (Phi) is 18.1. The van der Waals surface area contributed by atoms with Gasteiger partial charge in [-0.05, 0) is 213 Å². The molecular formula is C81H93N19. The van der Waals surface area contributed by atoms with Gasteiger partial charge in [-0.1, -0.05) is 12.1 Å². The highest BCUT2D eigenvalue weighted by Crippen LogP contribution is 2.41. The topological polar surface area (TPSA) is 196 Å². The Morgan fingerprint density at radius 3 is 1.58 bits per heavy atom. The number of hydrogen-bond acceptors (Lipinski definition) is 15. The van der Waals surface area contributed by atoms with Gasteiger partial charge in [0.15, 0.2) is 0 Å². The number of rotatable bonds is 12. The van der Waals surface area contributed by atoms with E-state index in [9.17, 15) is 0 Å². The molecule has 19 heteroatoms. The molecule has 4 unspecified atom stereocenters. The number of aromatic nitrogens is 15.